The topological polar surface area (TPSA) is 132 Å². The van der Waals surface area contributed by atoms with Crippen molar-refractivity contribution in [2.75, 3.05) is 18.0 Å². The van der Waals surface area contributed by atoms with Crippen molar-refractivity contribution < 1.29 is 14.4 Å². The summed E-state index contributed by atoms with van der Waals surface area (Å²) >= 11 is 5.81. The molecule has 0 aliphatic carbocycles. The highest BCUT2D eigenvalue weighted by molar-refractivity contribution is 6.32. The molecule has 4 N–H and O–H groups in total. The zero-order valence-corrected chi connectivity index (χ0v) is 10.8. The number of nitrogens with two attached hydrogens (primary N) is 2. The fraction of sp³-hybridized carbons (Fsp3) is 0.300. The summed E-state index contributed by atoms with van der Waals surface area (Å²) in [4.78, 5) is 42.0. The van der Waals surface area contributed by atoms with Crippen LogP contribution in [0.3, 0.4) is 0 Å². The third-order valence-corrected chi connectivity index (χ3v) is 2.39. The number of carbonyl (C=O) groups excluding carboxylic acids is 3. The molecule has 0 aliphatic heterocycles. The van der Waals surface area contributed by atoms with E-state index < -0.39 is 11.8 Å². The van der Waals surface area contributed by atoms with Crippen molar-refractivity contribution in [3.63, 3.8) is 0 Å². The van der Waals surface area contributed by atoms with E-state index in [-0.39, 0.29) is 35.4 Å². The van der Waals surface area contributed by atoms with Crippen molar-refractivity contribution in [3.05, 3.63) is 16.5 Å². The van der Waals surface area contributed by atoms with Gasteiger partial charge >= 0.3 is 0 Å². The van der Waals surface area contributed by atoms with Crippen LogP contribution >= 0.6 is 11.6 Å². The minimum Gasteiger partial charge on any atom is -0.368 e. The fourth-order valence-electron chi connectivity index (χ4n) is 1.46. The number of nitrogens with zero attached hydrogens (tertiary/aromatic N) is 3. The molecular weight excluding hydrogens is 274 g/mol. The van der Waals surface area contributed by atoms with Gasteiger partial charge in [0.05, 0.1) is 18.7 Å². The minimum atomic E-state index is -0.703. The molecule has 1 aromatic rings. The van der Waals surface area contributed by atoms with Crippen molar-refractivity contribution in [3.8, 4) is 0 Å². The summed E-state index contributed by atoms with van der Waals surface area (Å²) in [6.07, 6.45) is 0.437. The predicted octanol–water partition coefficient (Wildman–Crippen LogP) is -0.972. The maximum atomic E-state index is 11.0. The fourth-order valence-corrected chi connectivity index (χ4v) is 1.71. The van der Waals surface area contributed by atoms with Crippen LogP contribution in [0.4, 0.5) is 5.82 Å². The van der Waals surface area contributed by atoms with Crippen LogP contribution in [0, 0.1) is 6.92 Å². The maximum absolute atomic E-state index is 11.0. The number of aromatic nitrogens is 2. The Hall–Kier alpha value is -2.22. The monoisotopic (exact) mass is 285 g/mol. The lowest BCUT2D eigenvalue weighted by Gasteiger charge is -2.22. The first-order valence-corrected chi connectivity index (χ1v) is 5.53. The minimum absolute atomic E-state index is 0.0326. The summed E-state index contributed by atoms with van der Waals surface area (Å²) in [6.45, 7) is 0.907. The summed E-state index contributed by atoms with van der Waals surface area (Å²) < 4.78 is 0. The number of hydrogen-bond donors (Lipinski definition) is 2. The smallest absolute Gasteiger partial charge is 0.237 e. The second-order valence-electron chi connectivity index (χ2n) is 3.71. The molecule has 0 spiro atoms. The quantitative estimate of drug-likeness (QED) is 0.510. The zero-order valence-electron chi connectivity index (χ0n) is 10.1. The summed E-state index contributed by atoms with van der Waals surface area (Å²) in [5, 5.41) is -0.0727. The Morgan fingerprint density at radius 1 is 1.26 bits per heavy atom. The Kier molecular flexibility index (Phi) is 4.76. The van der Waals surface area contributed by atoms with Crippen LogP contribution in [0.5, 0.6) is 0 Å². The van der Waals surface area contributed by atoms with Crippen molar-refractivity contribution >= 4 is 35.5 Å². The van der Waals surface area contributed by atoms with Crippen LogP contribution in [0.2, 0.25) is 5.15 Å². The van der Waals surface area contributed by atoms with Crippen LogP contribution in [-0.4, -0.2) is 41.2 Å². The molecule has 0 saturated heterocycles. The largest absolute Gasteiger partial charge is 0.368 e. The molecule has 0 bridgehead atoms. The molecule has 102 valence electrons. The van der Waals surface area contributed by atoms with Gasteiger partial charge in [-0.3, -0.25) is 14.4 Å². The highest BCUT2D eigenvalue weighted by Gasteiger charge is 2.20. The molecule has 8 nitrogen and oxygen atoms in total. The van der Waals surface area contributed by atoms with Gasteiger partial charge in [-0.2, -0.15) is 0 Å². The Bertz CT molecular complexity index is 518. The van der Waals surface area contributed by atoms with Crippen LogP contribution in [0.15, 0.2) is 0 Å². The van der Waals surface area contributed by atoms with E-state index in [9.17, 15) is 14.4 Å². The third kappa shape index (κ3) is 3.88. The first-order valence-electron chi connectivity index (χ1n) is 5.16. The SMILES string of the molecule is Cc1nc(Cl)c(C=O)c(N(CC(N)=O)CC(N)=O)n1. The van der Waals surface area contributed by atoms with E-state index in [1.165, 1.54) is 4.90 Å². The average molecular weight is 286 g/mol. The number of anilines is 1. The van der Waals surface area contributed by atoms with E-state index in [2.05, 4.69) is 9.97 Å². The van der Waals surface area contributed by atoms with Gasteiger partial charge in [-0.05, 0) is 6.92 Å². The molecule has 19 heavy (non-hydrogen) atoms. The lowest BCUT2D eigenvalue weighted by atomic mass is 10.3. The highest BCUT2D eigenvalue weighted by atomic mass is 35.5. The van der Waals surface area contributed by atoms with Gasteiger partial charge in [0.25, 0.3) is 0 Å². The second kappa shape index (κ2) is 6.10. The number of hydrogen-bond acceptors (Lipinski definition) is 6. The molecular formula is C10H12ClN5O3. The van der Waals surface area contributed by atoms with Gasteiger partial charge < -0.3 is 16.4 Å². The van der Waals surface area contributed by atoms with Gasteiger partial charge in [0.2, 0.25) is 11.8 Å². The molecule has 0 fully saturated rings. The molecule has 1 aromatic heterocycles. The Morgan fingerprint density at radius 3 is 2.21 bits per heavy atom. The average Bonchev–Trinajstić information content (AvgIpc) is 2.25. The standard InChI is InChI=1S/C10H12ClN5O3/c1-5-14-9(11)6(4-17)10(15-5)16(2-7(12)18)3-8(13)19/h4H,2-3H2,1H3,(H2,12,18)(H2,13,19). The van der Waals surface area contributed by atoms with Crippen molar-refractivity contribution in [2.45, 2.75) is 6.92 Å². The number of aldehydes is 1. The Labute approximate surface area is 113 Å². The van der Waals surface area contributed by atoms with Crippen molar-refractivity contribution in [2.24, 2.45) is 11.5 Å². The molecule has 9 heteroatoms. The molecule has 0 unspecified atom stereocenters. The lowest BCUT2D eigenvalue weighted by molar-refractivity contribution is -0.117. The second-order valence-corrected chi connectivity index (χ2v) is 4.06. The Balaban J connectivity index is 3.30. The maximum Gasteiger partial charge on any atom is 0.237 e. The first-order chi connectivity index (χ1) is 8.85. The summed E-state index contributed by atoms with van der Waals surface area (Å²) in [7, 11) is 0. The molecule has 0 saturated carbocycles. The highest BCUT2D eigenvalue weighted by Crippen LogP contribution is 2.22. The summed E-state index contributed by atoms with van der Waals surface area (Å²) in [5.41, 5.74) is 10.1. The van der Waals surface area contributed by atoms with Gasteiger partial charge in [0, 0.05) is 0 Å². The lowest BCUT2D eigenvalue weighted by Crippen LogP contribution is -2.40. The van der Waals surface area contributed by atoms with E-state index in [1.54, 1.807) is 6.92 Å². The van der Waals surface area contributed by atoms with Crippen LogP contribution in [-0.2, 0) is 9.59 Å². The summed E-state index contributed by atoms with van der Waals surface area (Å²) in [6, 6.07) is 0. The molecule has 0 radical (unpaired) electrons. The van der Waals surface area contributed by atoms with E-state index in [0.717, 1.165) is 0 Å². The number of halogens is 1. The predicted molar refractivity (Wildman–Crippen MR) is 67.8 cm³/mol. The molecule has 0 aromatic carbocycles. The van der Waals surface area contributed by atoms with Gasteiger partial charge in [-0.25, -0.2) is 9.97 Å². The number of carbonyl (C=O) groups is 3. The zero-order chi connectivity index (χ0) is 14.6. The Morgan fingerprint density at radius 2 is 1.79 bits per heavy atom. The van der Waals surface area contributed by atoms with Crippen LogP contribution < -0.4 is 16.4 Å². The van der Waals surface area contributed by atoms with Crippen molar-refractivity contribution in [1.82, 2.24) is 9.97 Å². The van der Waals surface area contributed by atoms with E-state index in [4.69, 9.17) is 23.1 Å². The van der Waals surface area contributed by atoms with Gasteiger partial charge in [-0.1, -0.05) is 11.6 Å². The van der Waals surface area contributed by atoms with Gasteiger partial charge in [0.15, 0.2) is 6.29 Å². The normalized spacial score (nSPS) is 10.0. The number of amides is 2. The van der Waals surface area contributed by atoms with Crippen LogP contribution in [0.25, 0.3) is 0 Å². The summed E-state index contributed by atoms with van der Waals surface area (Å²) in [5.74, 6) is -1.08. The molecule has 2 amide bonds. The molecule has 1 rings (SSSR count). The third-order valence-electron chi connectivity index (χ3n) is 2.10. The van der Waals surface area contributed by atoms with Gasteiger partial charge in [0.1, 0.15) is 16.8 Å². The molecule has 0 aliphatic rings. The van der Waals surface area contributed by atoms with Crippen LogP contribution in [0.1, 0.15) is 16.2 Å². The van der Waals surface area contributed by atoms with Crippen molar-refractivity contribution in [1.29, 1.82) is 0 Å². The molecule has 1 heterocycles. The van der Waals surface area contributed by atoms with E-state index in [0.29, 0.717) is 6.29 Å². The number of rotatable bonds is 6. The number of primary amides is 2. The van der Waals surface area contributed by atoms with Gasteiger partial charge in [-0.15, -0.1) is 0 Å². The first kappa shape index (κ1) is 14.8. The molecule has 0 atom stereocenters. The van der Waals surface area contributed by atoms with E-state index >= 15 is 0 Å². The van der Waals surface area contributed by atoms with E-state index in [1.807, 2.05) is 0 Å². The number of aryl methyl sites for hydroxylation is 1.